The molecule has 0 unspecified atom stereocenters. The maximum Gasteiger partial charge on any atom is 0.307 e. The van der Waals surface area contributed by atoms with Crippen LogP contribution in [-0.4, -0.2) is 11.1 Å². The molecule has 1 aromatic rings. The lowest BCUT2D eigenvalue weighted by Crippen LogP contribution is -2.01. The van der Waals surface area contributed by atoms with Crippen molar-refractivity contribution in [3.8, 4) is 0 Å². The highest BCUT2D eigenvalue weighted by Crippen LogP contribution is 2.15. The van der Waals surface area contributed by atoms with Crippen molar-refractivity contribution in [2.75, 3.05) is 0 Å². The Bertz CT molecular complexity index is 337. The van der Waals surface area contributed by atoms with Crippen LogP contribution in [0.1, 0.15) is 16.7 Å². The minimum absolute atomic E-state index is 0.167. The van der Waals surface area contributed by atoms with E-state index >= 15 is 0 Å². The van der Waals surface area contributed by atoms with E-state index in [0.29, 0.717) is 5.56 Å². The smallest absolute Gasteiger partial charge is 0.307 e. The number of halogens is 2. The lowest BCUT2D eigenvalue weighted by atomic mass is 10.0. The molecule has 2 nitrogen and oxygen atoms in total. The summed E-state index contributed by atoms with van der Waals surface area (Å²) in [6.45, 7) is -1.50. The second kappa shape index (κ2) is 4.69. The summed E-state index contributed by atoms with van der Waals surface area (Å²) in [5.74, 6) is -0.984. The fourth-order valence-electron chi connectivity index (χ4n) is 1.22. The largest absolute Gasteiger partial charge is 0.481 e. The molecule has 0 radical (unpaired) electrons. The van der Waals surface area contributed by atoms with E-state index in [1.807, 2.05) is 0 Å². The van der Waals surface area contributed by atoms with Crippen molar-refractivity contribution in [1.82, 2.24) is 0 Å². The van der Waals surface area contributed by atoms with Crippen molar-refractivity contribution in [1.29, 1.82) is 0 Å². The number of hydrogen-bond acceptors (Lipinski definition) is 1. The number of rotatable bonds is 4. The Morgan fingerprint density at radius 1 is 1.21 bits per heavy atom. The van der Waals surface area contributed by atoms with Crippen molar-refractivity contribution < 1.29 is 18.7 Å². The van der Waals surface area contributed by atoms with Crippen LogP contribution in [0.15, 0.2) is 18.2 Å². The van der Waals surface area contributed by atoms with E-state index in [2.05, 4.69) is 0 Å². The minimum atomic E-state index is -0.984. The Morgan fingerprint density at radius 3 is 2.36 bits per heavy atom. The van der Waals surface area contributed by atoms with Gasteiger partial charge in [0.15, 0.2) is 0 Å². The number of hydrogen-bond donors (Lipinski definition) is 1. The Hall–Kier alpha value is -1.45. The number of benzene rings is 1. The summed E-state index contributed by atoms with van der Waals surface area (Å²) >= 11 is 0. The number of alkyl halides is 2. The summed E-state index contributed by atoms with van der Waals surface area (Å²) < 4.78 is 24.7. The first-order valence-electron chi connectivity index (χ1n) is 4.11. The zero-order valence-electron chi connectivity index (χ0n) is 7.46. The number of carboxylic acid groups (broad SMARTS) is 1. The molecule has 0 saturated heterocycles. The lowest BCUT2D eigenvalue weighted by Gasteiger charge is -2.04. The average Bonchev–Trinajstić information content (AvgIpc) is 2.16. The molecular weight excluding hydrogens is 190 g/mol. The van der Waals surface area contributed by atoms with E-state index in [9.17, 15) is 13.6 Å². The van der Waals surface area contributed by atoms with E-state index in [1.165, 1.54) is 18.2 Å². The van der Waals surface area contributed by atoms with Crippen molar-refractivity contribution >= 4 is 5.97 Å². The molecule has 0 saturated carbocycles. The van der Waals surface area contributed by atoms with Crippen LogP contribution < -0.4 is 0 Å². The standard InChI is InChI=1S/C10H10F2O2/c11-5-8-2-1-7(4-10(13)14)3-9(8)6-12/h1-3H,4-6H2,(H,13,14). The number of carbonyl (C=O) groups is 1. The van der Waals surface area contributed by atoms with Crippen molar-refractivity contribution in [3.05, 3.63) is 34.9 Å². The van der Waals surface area contributed by atoms with Gasteiger partial charge in [-0.3, -0.25) is 4.79 Å². The molecule has 0 amide bonds. The second-order valence-electron chi connectivity index (χ2n) is 2.94. The molecule has 1 aromatic carbocycles. The third-order valence-corrected chi connectivity index (χ3v) is 1.91. The van der Waals surface area contributed by atoms with Gasteiger partial charge in [0.2, 0.25) is 0 Å². The molecule has 76 valence electrons. The second-order valence-corrected chi connectivity index (χ2v) is 2.94. The van der Waals surface area contributed by atoms with Gasteiger partial charge < -0.3 is 5.11 Å². The van der Waals surface area contributed by atoms with Crippen LogP contribution in [0, 0.1) is 0 Å². The number of carboxylic acids is 1. The van der Waals surface area contributed by atoms with Gasteiger partial charge in [0, 0.05) is 0 Å². The van der Waals surface area contributed by atoms with E-state index < -0.39 is 19.3 Å². The van der Waals surface area contributed by atoms with Crippen molar-refractivity contribution in [2.45, 2.75) is 19.8 Å². The van der Waals surface area contributed by atoms with E-state index in [4.69, 9.17) is 5.11 Å². The third-order valence-electron chi connectivity index (χ3n) is 1.91. The molecule has 0 fully saturated rings. The van der Waals surface area contributed by atoms with Gasteiger partial charge in [0.25, 0.3) is 0 Å². The normalized spacial score (nSPS) is 10.1. The summed E-state index contributed by atoms with van der Waals surface area (Å²) in [5, 5.41) is 8.49. The minimum Gasteiger partial charge on any atom is -0.481 e. The Balaban J connectivity index is 2.95. The summed E-state index contributed by atoms with van der Waals surface area (Å²) in [7, 11) is 0. The molecule has 0 spiro atoms. The fraction of sp³-hybridized carbons (Fsp3) is 0.300. The van der Waals surface area contributed by atoms with E-state index in [-0.39, 0.29) is 17.5 Å². The molecule has 0 aliphatic heterocycles. The predicted octanol–water partition coefficient (Wildman–Crippen LogP) is 2.25. The molecule has 0 aromatic heterocycles. The summed E-state index contributed by atoms with van der Waals surface area (Å²) in [4.78, 5) is 10.4. The first-order valence-corrected chi connectivity index (χ1v) is 4.11. The molecule has 0 aliphatic carbocycles. The van der Waals surface area contributed by atoms with Crippen LogP contribution in [-0.2, 0) is 24.6 Å². The monoisotopic (exact) mass is 200 g/mol. The Kier molecular flexibility index (Phi) is 3.56. The molecule has 1 N–H and O–H groups in total. The number of aliphatic carboxylic acids is 1. The highest BCUT2D eigenvalue weighted by atomic mass is 19.1. The average molecular weight is 200 g/mol. The molecule has 0 bridgehead atoms. The van der Waals surface area contributed by atoms with E-state index in [1.54, 1.807) is 0 Å². The molecular formula is C10H10F2O2. The van der Waals surface area contributed by atoms with Crippen LogP contribution in [0.25, 0.3) is 0 Å². The zero-order valence-corrected chi connectivity index (χ0v) is 7.46. The zero-order chi connectivity index (χ0) is 10.6. The van der Waals surface area contributed by atoms with Gasteiger partial charge in [0.1, 0.15) is 13.3 Å². The molecule has 4 heteroatoms. The predicted molar refractivity (Wildman–Crippen MR) is 47.4 cm³/mol. The summed E-state index contributed by atoms with van der Waals surface area (Å²) in [6.07, 6.45) is -0.167. The molecule has 14 heavy (non-hydrogen) atoms. The maximum absolute atomic E-state index is 12.4. The van der Waals surface area contributed by atoms with Crippen molar-refractivity contribution in [3.63, 3.8) is 0 Å². The first kappa shape index (κ1) is 10.6. The third kappa shape index (κ3) is 2.52. The quantitative estimate of drug-likeness (QED) is 0.809. The first-order chi connectivity index (χ1) is 6.67. The van der Waals surface area contributed by atoms with Crippen LogP contribution in [0.3, 0.4) is 0 Å². The van der Waals surface area contributed by atoms with Gasteiger partial charge in [-0.05, 0) is 16.7 Å². The molecule has 0 atom stereocenters. The maximum atomic E-state index is 12.4. The van der Waals surface area contributed by atoms with Gasteiger partial charge in [0.05, 0.1) is 6.42 Å². The van der Waals surface area contributed by atoms with Gasteiger partial charge >= 0.3 is 5.97 Å². The SMILES string of the molecule is O=C(O)Cc1ccc(CF)c(CF)c1. The topological polar surface area (TPSA) is 37.3 Å². The van der Waals surface area contributed by atoms with Crippen LogP contribution >= 0.6 is 0 Å². The van der Waals surface area contributed by atoms with Gasteiger partial charge in [-0.25, -0.2) is 8.78 Å². The lowest BCUT2D eigenvalue weighted by molar-refractivity contribution is -0.136. The highest BCUT2D eigenvalue weighted by Gasteiger charge is 2.06. The fourth-order valence-corrected chi connectivity index (χ4v) is 1.22. The van der Waals surface area contributed by atoms with Crippen LogP contribution in [0.5, 0.6) is 0 Å². The van der Waals surface area contributed by atoms with Gasteiger partial charge in [-0.15, -0.1) is 0 Å². The molecule has 1 rings (SSSR count). The molecule has 0 heterocycles. The van der Waals surface area contributed by atoms with Gasteiger partial charge in [-0.2, -0.15) is 0 Å². The van der Waals surface area contributed by atoms with Crippen molar-refractivity contribution in [2.24, 2.45) is 0 Å². The Labute approximate surface area is 80.2 Å². The van der Waals surface area contributed by atoms with Crippen LogP contribution in [0.4, 0.5) is 8.78 Å². The molecule has 0 aliphatic rings. The van der Waals surface area contributed by atoms with Crippen LogP contribution in [0.2, 0.25) is 0 Å². The van der Waals surface area contributed by atoms with E-state index in [0.717, 1.165) is 0 Å². The highest BCUT2D eigenvalue weighted by molar-refractivity contribution is 5.70. The summed E-state index contributed by atoms with van der Waals surface area (Å²) in [6, 6.07) is 4.32. The van der Waals surface area contributed by atoms with Gasteiger partial charge in [-0.1, -0.05) is 18.2 Å². The summed E-state index contributed by atoms with van der Waals surface area (Å²) in [5.41, 5.74) is 0.996. The Morgan fingerprint density at radius 2 is 1.86 bits per heavy atom.